The van der Waals surface area contributed by atoms with Gasteiger partial charge in [-0.25, -0.2) is 4.79 Å². The van der Waals surface area contributed by atoms with Gasteiger partial charge < -0.3 is 44.4 Å². The summed E-state index contributed by atoms with van der Waals surface area (Å²) in [7, 11) is 1.26. The van der Waals surface area contributed by atoms with Crippen LogP contribution in [0.5, 0.6) is 0 Å². The molecule has 0 amide bonds. The van der Waals surface area contributed by atoms with Crippen molar-refractivity contribution in [3.63, 3.8) is 0 Å². The number of aliphatic hydroxyl groups excluding tert-OH is 2. The topological polar surface area (TPSA) is 166 Å². The fourth-order valence-electron chi connectivity index (χ4n) is 8.09. The van der Waals surface area contributed by atoms with E-state index in [9.17, 15) is 30.0 Å². The maximum absolute atomic E-state index is 12.9. The Labute approximate surface area is 236 Å². The molecule has 2 aliphatic heterocycles. The summed E-state index contributed by atoms with van der Waals surface area (Å²) >= 11 is 0. The summed E-state index contributed by atoms with van der Waals surface area (Å²) in [6, 6.07) is 1.81. The molecule has 2 saturated carbocycles. The van der Waals surface area contributed by atoms with Crippen LogP contribution in [0.15, 0.2) is 36.6 Å². The Morgan fingerprint density at radius 3 is 2.68 bits per heavy atom. The highest BCUT2D eigenvalue weighted by Gasteiger charge is 2.69. The second kappa shape index (κ2) is 10.1. The molecule has 3 fully saturated rings. The molecule has 11 heteroatoms. The van der Waals surface area contributed by atoms with Crippen LogP contribution in [0.4, 0.5) is 0 Å². The summed E-state index contributed by atoms with van der Waals surface area (Å²) in [4.78, 5) is 29.1. The number of nitrogens with zero attached hydrogens (tertiary/aromatic N) is 1. The fourth-order valence-corrected chi connectivity index (χ4v) is 8.09. The van der Waals surface area contributed by atoms with Crippen LogP contribution in [0.2, 0.25) is 0 Å². The van der Waals surface area contributed by atoms with Crippen LogP contribution in [0.3, 0.4) is 0 Å². The Bertz CT molecular complexity index is 1390. The maximum Gasteiger partial charge on any atom is 0.333 e. The van der Waals surface area contributed by atoms with E-state index in [2.05, 4.69) is 11.6 Å². The van der Waals surface area contributed by atoms with Crippen LogP contribution in [0.1, 0.15) is 44.9 Å². The number of aliphatic hydroxyl groups is 3. The second-order valence-electron chi connectivity index (χ2n) is 11.9. The number of carbonyl (C=O) groups excluding carboxylic acids is 1. The first-order chi connectivity index (χ1) is 19.6. The van der Waals surface area contributed by atoms with E-state index in [0.717, 1.165) is 18.1 Å². The van der Waals surface area contributed by atoms with Crippen molar-refractivity contribution < 1.29 is 49.0 Å². The number of ether oxygens (including phenoxy) is 4. The Morgan fingerprint density at radius 2 is 2.02 bits per heavy atom. The van der Waals surface area contributed by atoms with Crippen molar-refractivity contribution in [1.29, 1.82) is 0 Å². The number of esters is 1. The third-order valence-electron chi connectivity index (χ3n) is 10.0. The highest BCUT2D eigenvalue weighted by molar-refractivity contribution is 5.90. The molecule has 0 radical (unpaired) electrons. The van der Waals surface area contributed by atoms with Gasteiger partial charge in [-0.15, -0.1) is 6.58 Å². The zero-order valence-electron chi connectivity index (χ0n) is 22.9. The standard InChI is InChI=1S/C30H36NO10/c1-3-16-18(12-23(33)34)19(25(35)38-2)13-28(8-4-5-9-28)24(16)41-27-29(37)10-6-20-17-7-11-31-21(17)15-39-30(20,26(29)36)22(14-32)40-27/h3,7,11,13,15-16,18,22,24,26-27,32,36-37H,1,4-6,8-10,12,14H2,2H3,(H,33,34)/q-1/t16-,18+,22-,24+,26-,27+,29-,30-/m1/s1. The highest BCUT2D eigenvalue weighted by Crippen LogP contribution is 2.57. The summed E-state index contributed by atoms with van der Waals surface area (Å²) in [5.41, 5.74) is -3.16. The van der Waals surface area contributed by atoms with E-state index in [-0.39, 0.29) is 18.4 Å². The molecule has 41 heavy (non-hydrogen) atoms. The highest BCUT2D eigenvalue weighted by atomic mass is 16.7. The molecular formula is C30H36NO10-. The minimum Gasteiger partial charge on any atom is -0.661 e. The number of hydrogen-bond acceptors (Lipinski definition) is 9. The molecule has 6 rings (SSSR count). The molecule has 11 nitrogen and oxygen atoms in total. The van der Waals surface area contributed by atoms with Crippen LogP contribution < -0.4 is 15.6 Å². The number of aliphatic carboxylic acids is 1. The summed E-state index contributed by atoms with van der Waals surface area (Å²) in [5.74, 6) is -3.12. The lowest BCUT2D eigenvalue weighted by atomic mass is 9.62. The molecule has 1 aromatic rings. The minimum atomic E-state index is -1.92. The van der Waals surface area contributed by atoms with Crippen molar-refractivity contribution in [3.05, 3.63) is 47.1 Å². The normalized spacial score (nSPS) is 38.6. The van der Waals surface area contributed by atoms with Gasteiger partial charge in [0.25, 0.3) is 0 Å². The lowest BCUT2D eigenvalue weighted by molar-refractivity contribution is -0.377. The molecule has 1 saturated heterocycles. The van der Waals surface area contributed by atoms with E-state index in [1.165, 1.54) is 13.4 Å². The Morgan fingerprint density at radius 1 is 1.27 bits per heavy atom. The van der Waals surface area contributed by atoms with Crippen LogP contribution >= 0.6 is 0 Å². The molecule has 4 N–H and O–H groups in total. The van der Waals surface area contributed by atoms with Crippen molar-refractivity contribution in [3.8, 4) is 0 Å². The first-order valence-electron chi connectivity index (χ1n) is 14.1. The average Bonchev–Trinajstić information content (AvgIpc) is 3.63. The van der Waals surface area contributed by atoms with E-state index < -0.39 is 71.6 Å². The van der Waals surface area contributed by atoms with E-state index in [0.29, 0.717) is 30.2 Å². The molecule has 2 bridgehead atoms. The Hall–Kier alpha value is -2.96. The summed E-state index contributed by atoms with van der Waals surface area (Å²) < 4.78 is 24.1. The molecule has 5 aliphatic rings. The van der Waals surface area contributed by atoms with Gasteiger partial charge >= 0.3 is 11.9 Å². The van der Waals surface area contributed by atoms with Gasteiger partial charge in [0.1, 0.15) is 17.8 Å². The van der Waals surface area contributed by atoms with Crippen LogP contribution in [0, 0.1) is 17.3 Å². The van der Waals surface area contributed by atoms with Gasteiger partial charge in [0, 0.05) is 22.8 Å². The van der Waals surface area contributed by atoms with Crippen molar-refractivity contribution in [2.45, 2.75) is 80.7 Å². The van der Waals surface area contributed by atoms with Crippen molar-refractivity contribution in [2.75, 3.05) is 13.7 Å². The summed E-state index contributed by atoms with van der Waals surface area (Å²) in [6.45, 7) is 3.45. The first kappa shape index (κ1) is 28.2. The zero-order valence-corrected chi connectivity index (χ0v) is 22.9. The SMILES string of the molecule is C=C[C@@H]1[C@H](CC(=O)O)C(C(=O)OC)=CC2(CCCC2)[C@H]1O[C@@H]1O[C@H](CO)[C@]23OC=c4[n-]ccc4=C2CC[C@@]1(O)[C@H]3O. The molecule has 0 aromatic carbocycles. The predicted molar refractivity (Wildman–Crippen MR) is 142 cm³/mol. The smallest absolute Gasteiger partial charge is 0.333 e. The second-order valence-corrected chi connectivity index (χ2v) is 11.9. The molecule has 222 valence electrons. The Kier molecular flexibility index (Phi) is 6.94. The number of hydrogen-bond donors (Lipinski definition) is 4. The molecule has 3 aliphatic carbocycles. The minimum absolute atomic E-state index is 0.0856. The lowest BCUT2D eigenvalue weighted by Crippen LogP contribution is -2.77. The predicted octanol–water partition coefficient (Wildman–Crippen LogP) is -0.144. The summed E-state index contributed by atoms with van der Waals surface area (Å²) in [6.07, 6.45) is 4.84. The van der Waals surface area contributed by atoms with Gasteiger partial charge in [0.2, 0.25) is 0 Å². The molecule has 8 atom stereocenters. The molecular weight excluding hydrogens is 534 g/mol. The van der Waals surface area contributed by atoms with E-state index in [1.54, 1.807) is 18.3 Å². The van der Waals surface area contributed by atoms with Gasteiger partial charge in [-0.1, -0.05) is 36.4 Å². The molecule has 0 unspecified atom stereocenters. The summed E-state index contributed by atoms with van der Waals surface area (Å²) in [5, 5.41) is 45.5. The number of carbonyl (C=O) groups is 2. The number of carboxylic acid groups (broad SMARTS) is 1. The first-order valence-corrected chi connectivity index (χ1v) is 14.1. The van der Waals surface area contributed by atoms with Gasteiger partial charge in [0.15, 0.2) is 11.9 Å². The lowest BCUT2D eigenvalue weighted by Gasteiger charge is -2.60. The Balaban J connectivity index is 1.42. The number of fused-ring (bicyclic) bond motifs is 2. The average molecular weight is 571 g/mol. The third-order valence-corrected chi connectivity index (χ3v) is 10.0. The fraction of sp³-hybridized carbons (Fsp3) is 0.600. The van der Waals surface area contributed by atoms with Crippen LogP contribution in [0.25, 0.3) is 11.8 Å². The number of methoxy groups -OCH3 is 1. The molecule has 1 aromatic heterocycles. The van der Waals surface area contributed by atoms with E-state index in [4.69, 9.17) is 18.9 Å². The van der Waals surface area contributed by atoms with E-state index in [1.807, 2.05) is 6.07 Å². The van der Waals surface area contributed by atoms with Gasteiger partial charge in [-0.2, -0.15) is 6.20 Å². The van der Waals surface area contributed by atoms with Gasteiger partial charge in [-0.05, 0) is 36.5 Å². The van der Waals surface area contributed by atoms with Crippen molar-refractivity contribution >= 4 is 23.8 Å². The quantitative estimate of drug-likeness (QED) is 0.255. The van der Waals surface area contributed by atoms with E-state index >= 15 is 0 Å². The zero-order chi connectivity index (χ0) is 29.2. The largest absolute Gasteiger partial charge is 0.661 e. The van der Waals surface area contributed by atoms with Gasteiger partial charge in [0.05, 0.1) is 32.5 Å². The molecule has 3 heterocycles. The monoisotopic (exact) mass is 570 g/mol. The van der Waals surface area contributed by atoms with Crippen LogP contribution in [-0.4, -0.2) is 81.9 Å². The number of aromatic nitrogens is 1. The van der Waals surface area contributed by atoms with Crippen molar-refractivity contribution in [1.82, 2.24) is 4.98 Å². The van der Waals surface area contributed by atoms with Crippen molar-refractivity contribution in [2.24, 2.45) is 17.3 Å². The third kappa shape index (κ3) is 3.97. The molecule has 2 spiro atoms. The van der Waals surface area contributed by atoms with Crippen LogP contribution in [-0.2, 0) is 28.5 Å². The number of rotatable bonds is 7. The van der Waals surface area contributed by atoms with Gasteiger partial charge in [-0.3, -0.25) is 4.79 Å². The maximum atomic E-state index is 12.9. The number of carboxylic acids is 1.